The Kier molecular flexibility index (Phi) is 6.96. The van der Waals surface area contributed by atoms with E-state index in [9.17, 15) is 18.0 Å². The van der Waals surface area contributed by atoms with E-state index in [1.807, 2.05) is 18.2 Å². The van der Waals surface area contributed by atoms with Crippen LogP contribution in [0.3, 0.4) is 0 Å². The molecule has 10 heteroatoms. The average molecular weight is 527 g/mol. The molecule has 2 saturated heterocycles. The summed E-state index contributed by atoms with van der Waals surface area (Å²) in [4.78, 5) is 34.1. The zero-order valence-electron chi connectivity index (χ0n) is 19.6. The van der Waals surface area contributed by atoms with Crippen molar-refractivity contribution in [2.45, 2.75) is 42.7 Å². The van der Waals surface area contributed by atoms with Crippen molar-refractivity contribution < 1.29 is 18.0 Å². The summed E-state index contributed by atoms with van der Waals surface area (Å²) in [5.74, 6) is -0.521. The maximum Gasteiger partial charge on any atom is 0.242 e. The van der Waals surface area contributed by atoms with Gasteiger partial charge in [-0.2, -0.15) is 4.72 Å². The lowest BCUT2D eigenvalue weighted by Crippen LogP contribution is -2.54. The van der Waals surface area contributed by atoms with E-state index in [0.717, 1.165) is 29.3 Å². The third-order valence-corrected chi connectivity index (χ3v) is 8.54. The van der Waals surface area contributed by atoms with Gasteiger partial charge in [-0.05, 0) is 72.9 Å². The van der Waals surface area contributed by atoms with Gasteiger partial charge in [0.05, 0.1) is 23.2 Å². The second kappa shape index (κ2) is 10.2. The van der Waals surface area contributed by atoms with Gasteiger partial charge in [-0.25, -0.2) is 8.42 Å². The fraction of sp³-hybridized carbons (Fsp3) is 0.346. The fourth-order valence-electron chi connectivity index (χ4n) is 5.02. The van der Waals surface area contributed by atoms with Crippen molar-refractivity contribution in [1.82, 2.24) is 19.5 Å². The van der Waals surface area contributed by atoms with Crippen LogP contribution >= 0.6 is 11.6 Å². The number of carbonyl (C=O) groups excluding carboxylic acids is 2. The SMILES string of the molecule is O=C1[C@@H](NS(=O)(=O)c2ccc3cc(Cl)ccc3c2)CCCN1CC(=O)N1CCCC1c1ccccn1. The predicted octanol–water partition coefficient (Wildman–Crippen LogP) is 3.52. The molecule has 1 unspecified atom stereocenters. The van der Waals surface area contributed by atoms with Crippen molar-refractivity contribution in [3.63, 3.8) is 0 Å². The van der Waals surface area contributed by atoms with Gasteiger partial charge in [0.2, 0.25) is 21.8 Å². The maximum absolute atomic E-state index is 13.2. The molecule has 2 amide bonds. The molecule has 0 radical (unpaired) electrons. The zero-order valence-corrected chi connectivity index (χ0v) is 21.2. The summed E-state index contributed by atoms with van der Waals surface area (Å²) in [6.07, 6.45) is 4.41. The van der Waals surface area contributed by atoms with Crippen molar-refractivity contribution in [3.8, 4) is 0 Å². The summed E-state index contributed by atoms with van der Waals surface area (Å²) in [6, 6.07) is 14.6. The molecule has 2 fully saturated rings. The van der Waals surface area contributed by atoms with Crippen LogP contribution in [0.2, 0.25) is 5.02 Å². The third kappa shape index (κ3) is 5.09. The van der Waals surface area contributed by atoms with Gasteiger partial charge in [0.25, 0.3) is 0 Å². The molecule has 2 aromatic carbocycles. The monoisotopic (exact) mass is 526 g/mol. The molecule has 2 aliphatic rings. The summed E-state index contributed by atoms with van der Waals surface area (Å²) >= 11 is 6.02. The van der Waals surface area contributed by atoms with E-state index in [1.54, 1.807) is 41.4 Å². The Hall–Kier alpha value is -3.01. The molecule has 2 aliphatic heterocycles. The first kappa shape index (κ1) is 24.7. The summed E-state index contributed by atoms with van der Waals surface area (Å²) in [7, 11) is -3.94. The van der Waals surface area contributed by atoms with Crippen molar-refractivity contribution in [1.29, 1.82) is 0 Å². The molecule has 1 aromatic heterocycles. The topological polar surface area (TPSA) is 99.7 Å². The van der Waals surface area contributed by atoms with Gasteiger partial charge in [0.15, 0.2) is 0 Å². The summed E-state index contributed by atoms with van der Waals surface area (Å²) in [5.41, 5.74) is 0.844. The lowest BCUT2D eigenvalue weighted by molar-refractivity contribution is -0.143. The molecule has 0 bridgehead atoms. The lowest BCUT2D eigenvalue weighted by atomic mass is 10.1. The number of benzene rings is 2. The van der Waals surface area contributed by atoms with Crippen LogP contribution in [0, 0.1) is 0 Å². The van der Waals surface area contributed by atoms with E-state index in [1.165, 1.54) is 11.0 Å². The number of halogens is 1. The molecule has 3 heterocycles. The first-order valence-electron chi connectivity index (χ1n) is 12.0. The summed E-state index contributed by atoms with van der Waals surface area (Å²) < 4.78 is 28.8. The van der Waals surface area contributed by atoms with Gasteiger partial charge in [0.1, 0.15) is 6.04 Å². The fourth-order valence-corrected chi connectivity index (χ4v) is 6.46. The molecular weight excluding hydrogens is 500 g/mol. The van der Waals surface area contributed by atoms with Gasteiger partial charge in [-0.3, -0.25) is 14.6 Å². The molecule has 0 saturated carbocycles. The molecule has 0 aliphatic carbocycles. The van der Waals surface area contributed by atoms with Crippen LogP contribution in [0.15, 0.2) is 65.7 Å². The van der Waals surface area contributed by atoms with Gasteiger partial charge < -0.3 is 9.80 Å². The number of nitrogens with one attached hydrogen (secondary N) is 1. The minimum atomic E-state index is -3.94. The lowest BCUT2D eigenvalue weighted by Gasteiger charge is -2.34. The van der Waals surface area contributed by atoms with E-state index in [-0.39, 0.29) is 29.3 Å². The summed E-state index contributed by atoms with van der Waals surface area (Å²) in [5, 5.41) is 2.13. The minimum Gasteiger partial charge on any atom is -0.333 e. The van der Waals surface area contributed by atoms with Crippen molar-refractivity contribution >= 4 is 44.2 Å². The van der Waals surface area contributed by atoms with Crippen molar-refractivity contribution in [2.75, 3.05) is 19.6 Å². The number of hydrogen-bond acceptors (Lipinski definition) is 5. The highest BCUT2D eigenvalue weighted by molar-refractivity contribution is 7.89. The van der Waals surface area contributed by atoms with Crippen LogP contribution < -0.4 is 4.72 Å². The van der Waals surface area contributed by atoms with Crippen LogP contribution in [0.1, 0.15) is 37.4 Å². The number of rotatable bonds is 6. The molecular formula is C26H27ClN4O4S. The predicted molar refractivity (Wildman–Crippen MR) is 137 cm³/mol. The molecule has 5 rings (SSSR count). The number of piperidine rings is 1. The first-order chi connectivity index (χ1) is 17.3. The number of pyridine rings is 1. The largest absolute Gasteiger partial charge is 0.333 e. The Balaban J connectivity index is 1.27. The van der Waals surface area contributed by atoms with Crippen LogP contribution in [-0.2, 0) is 19.6 Å². The van der Waals surface area contributed by atoms with Crippen LogP contribution in [0.25, 0.3) is 10.8 Å². The number of fused-ring (bicyclic) bond motifs is 1. The van der Waals surface area contributed by atoms with Crippen LogP contribution in [0.5, 0.6) is 0 Å². The average Bonchev–Trinajstić information content (AvgIpc) is 3.37. The standard InChI is InChI=1S/C26H27ClN4O4S/c27-20-10-8-19-16-21(11-9-18(19)15-20)36(34,35)29-23-6-3-13-30(26(23)33)17-25(32)31-14-4-7-24(31)22-5-1-2-12-28-22/h1-2,5,8-12,15-16,23-24,29H,3-4,6-7,13-14,17H2/t23-,24?/m0/s1. The number of likely N-dealkylation sites (tertiary alicyclic amines) is 2. The number of nitrogens with zero attached hydrogens (tertiary/aromatic N) is 3. The first-order valence-corrected chi connectivity index (χ1v) is 13.9. The van der Waals surface area contributed by atoms with Gasteiger partial charge in [0, 0.05) is 24.3 Å². The highest BCUT2D eigenvalue weighted by atomic mass is 35.5. The molecule has 3 aromatic rings. The maximum atomic E-state index is 13.2. The number of hydrogen-bond donors (Lipinski definition) is 1. The quantitative estimate of drug-likeness (QED) is 0.530. The number of aromatic nitrogens is 1. The molecule has 1 N–H and O–H groups in total. The molecule has 188 valence electrons. The highest BCUT2D eigenvalue weighted by Gasteiger charge is 2.36. The van der Waals surface area contributed by atoms with Crippen LogP contribution in [0.4, 0.5) is 0 Å². The Bertz CT molecular complexity index is 1400. The van der Waals surface area contributed by atoms with E-state index < -0.39 is 16.1 Å². The van der Waals surface area contributed by atoms with Crippen molar-refractivity contribution in [2.24, 2.45) is 0 Å². The van der Waals surface area contributed by atoms with Crippen LogP contribution in [-0.4, -0.2) is 60.7 Å². The zero-order chi connectivity index (χ0) is 25.3. The minimum absolute atomic E-state index is 0.0723. The normalized spacial score (nSPS) is 20.8. The molecule has 8 nitrogen and oxygen atoms in total. The second-order valence-electron chi connectivity index (χ2n) is 9.23. The smallest absolute Gasteiger partial charge is 0.242 e. The third-order valence-electron chi connectivity index (χ3n) is 6.84. The molecule has 0 spiro atoms. The number of amides is 2. The Morgan fingerprint density at radius 2 is 1.81 bits per heavy atom. The second-order valence-corrected chi connectivity index (χ2v) is 11.4. The Labute approximate surface area is 215 Å². The number of sulfonamides is 1. The van der Waals surface area contributed by atoms with E-state index in [2.05, 4.69) is 9.71 Å². The van der Waals surface area contributed by atoms with E-state index >= 15 is 0 Å². The number of carbonyl (C=O) groups is 2. The highest BCUT2D eigenvalue weighted by Crippen LogP contribution is 2.31. The van der Waals surface area contributed by atoms with Crippen molar-refractivity contribution in [3.05, 3.63) is 71.5 Å². The molecule has 36 heavy (non-hydrogen) atoms. The Morgan fingerprint density at radius 1 is 1.03 bits per heavy atom. The molecule has 2 atom stereocenters. The van der Waals surface area contributed by atoms with E-state index in [0.29, 0.717) is 31.0 Å². The van der Waals surface area contributed by atoms with Gasteiger partial charge in [-0.15, -0.1) is 0 Å². The van der Waals surface area contributed by atoms with Gasteiger partial charge in [-0.1, -0.05) is 29.8 Å². The van der Waals surface area contributed by atoms with E-state index in [4.69, 9.17) is 11.6 Å². The van der Waals surface area contributed by atoms with Gasteiger partial charge >= 0.3 is 0 Å². The summed E-state index contributed by atoms with van der Waals surface area (Å²) in [6.45, 7) is 0.962. The Morgan fingerprint density at radius 3 is 2.61 bits per heavy atom.